The number of amides is 3. The van der Waals surface area contributed by atoms with E-state index < -0.39 is 48.2 Å². The van der Waals surface area contributed by atoms with E-state index in [1.54, 1.807) is 39.8 Å². The summed E-state index contributed by atoms with van der Waals surface area (Å²) in [6.07, 6.45) is -0.203. The summed E-state index contributed by atoms with van der Waals surface area (Å²) >= 11 is 0. The number of hydrogen-bond acceptors (Lipinski definition) is 7. The van der Waals surface area contributed by atoms with Crippen molar-refractivity contribution in [1.82, 2.24) is 15.5 Å². The Morgan fingerprint density at radius 2 is 1.76 bits per heavy atom. The van der Waals surface area contributed by atoms with E-state index in [4.69, 9.17) is 9.47 Å². The highest BCUT2D eigenvalue weighted by molar-refractivity contribution is 5.92. The van der Waals surface area contributed by atoms with Gasteiger partial charge in [-0.2, -0.15) is 0 Å². The number of hydrogen-bond donors (Lipinski definition) is 3. The Kier molecular flexibility index (Phi) is 13.1. The summed E-state index contributed by atoms with van der Waals surface area (Å²) in [5.74, 6) is -1.77. The van der Waals surface area contributed by atoms with E-state index in [1.807, 2.05) is 32.9 Å². The minimum atomic E-state index is -1.10. The van der Waals surface area contributed by atoms with Gasteiger partial charge in [0.1, 0.15) is 17.7 Å². The van der Waals surface area contributed by atoms with Gasteiger partial charge in [-0.1, -0.05) is 44.5 Å². The van der Waals surface area contributed by atoms with Crippen LogP contribution in [0.5, 0.6) is 0 Å². The highest BCUT2D eigenvalue weighted by Crippen LogP contribution is 2.26. The van der Waals surface area contributed by atoms with Gasteiger partial charge in [-0.15, -0.1) is 0 Å². The Labute approximate surface area is 220 Å². The van der Waals surface area contributed by atoms with Crippen molar-refractivity contribution in [1.29, 1.82) is 0 Å². The number of carbonyl (C=O) groups excluding carboxylic acids is 4. The van der Waals surface area contributed by atoms with Gasteiger partial charge in [0, 0.05) is 13.1 Å². The number of aliphatic hydroxyl groups is 1. The minimum absolute atomic E-state index is 0.0200. The van der Waals surface area contributed by atoms with Crippen LogP contribution in [0.3, 0.4) is 0 Å². The first-order chi connectivity index (χ1) is 17.4. The lowest BCUT2D eigenvalue weighted by Gasteiger charge is -2.36. The SMILES string of the molecule is CCOC(=O)CCNC(=O)C(c1ccccc1C)N(CCO)C(=O)C(NC(=O)OC(C)(C)C)C(C)CC. The monoisotopic (exact) mass is 521 g/mol. The molecule has 3 unspecified atom stereocenters. The van der Waals surface area contributed by atoms with Gasteiger partial charge in [0.2, 0.25) is 11.8 Å². The molecule has 208 valence electrons. The molecule has 3 amide bonds. The molecular weight excluding hydrogens is 478 g/mol. The highest BCUT2D eigenvalue weighted by atomic mass is 16.6. The maximum Gasteiger partial charge on any atom is 0.408 e. The zero-order chi connectivity index (χ0) is 28.2. The fraction of sp³-hybridized carbons (Fsp3) is 0.630. The van der Waals surface area contributed by atoms with Gasteiger partial charge < -0.3 is 30.1 Å². The number of nitrogens with one attached hydrogen (secondary N) is 2. The Hall–Kier alpha value is -3.14. The van der Waals surface area contributed by atoms with Crippen LogP contribution in [0.4, 0.5) is 4.79 Å². The van der Waals surface area contributed by atoms with Gasteiger partial charge >= 0.3 is 12.1 Å². The molecule has 0 saturated heterocycles. The van der Waals surface area contributed by atoms with Crippen molar-refractivity contribution < 1.29 is 33.8 Å². The third-order valence-corrected chi connectivity index (χ3v) is 5.75. The Balaban J connectivity index is 3.38. The third kappa shape index (κ3) is 10.4. The molecule has 0 aliphatic heterocycles. The van der Waals surface area contributed by atoms with Gasteiger partial charge in [-0.25, -0.2) is 4.79 Å². The molecule has 1 aromatic rings. The van der Waals surface area contributed by atoms with Gasteiger partial charge in [0.05, 0.1) is 19.6 Å². The Morgan fingerprint density at radius 1 is 1.11 bits per heavy atom. The van der Waals surface area contributed by atoms with E-state index in [1.165, 1.54) is 4.90 Å². The molecule has 1 rings (SSSR count). The average Bonchev–Trinajstić information content (AvgIpc) is 2.81. The smallest absolute Gasteiger partial charge is 0.408 e. The first-order valence-corrected chi connectivity index (χ1v) is 12.8. The summed E-state index contributed by atoms with van der Waals surface area (Å²) in [6, 6.07) is 5.04. The topological polar surface area (TPSA) is 134 Å². The van der Waals surface area contributed by atoms with Crippen molar-refractivity contribution in [2.75, 3.05) is 26.3 Å². The summed E-state index contributed by atoms with van der Waals surface area (Å²) < 4.78 is 10.3. The maximum absolute atomic E-state index is 13.9. The van der Waals surface area contributed by atoms with Crippen molar-refractivity contribution in [3.63, 3.8) is 0 Å². The molecule has 0 spiro atoms. The number of aliphatic hydroxyl groups excluding tert-OH is 1. The molecule has 0 aromatic heterocycles. The fourth-order valence-corrected chi connectivity index (χ4v) is 3.73. The van der Waals surface area contributed by atoms with E-state index in [0.29, 0.717) is 12.0 Å². The standard InChI is InChI=1S/C27H43N3O7/c1-8-18(3)22(29-26(35)37-27(5,6)7)25(34)30(16-17-31)23(20-13-11-10-12-19(20)4)24(33)28-15-14-21(32)36-9-2/h10-13,18,22-23,31H,8-9,14-17H2,1-7H3,(H,28,33)(H,29,35). The lowest BCUT2D eigenvalue weighted by molar-refractivity contribution is -0.145. The van der Waals surface area contributed by atoms with Crippen LogP contribution in [-0.4, -0.2) is 71.8 Å². The van der Waals surface area contributed by atoms with Crippen LogP contribution in [-0.2, 0) is 23.9 Å². The molecule has 0 aliphatic carbocycles. The van der Waals surface area contributed by atoms with E-state index >= 15 is 0 Å². The predicted molar refractivity (Wildman–Crippen MR) is 140 cm³/mol. The summed E-state index contributed by atoms with van der Waals surface area (Å²) in [7, 11) is 0. The largest absolute Gasteiger partial charge is 0.466 e. The van der Waals surface area contributed by atoms with E-state index in [9.17, 15) is 24.3 Å². The van der Waals surface area contributed by atoms with Crippen LogP contribution < -0.4 is 10.6 Å². The number of nitrogens with zero attached hydrogens (tertiary/aromatic N) is 1. The normalized spacial score (nSPS) is 13.6. The highest BCUT2D eigenvalue weighted by Gasteiger charge is 2.38. The Morgan fingerprint density at radius 3 is 2.30 bits per heavy atom. The average molecular weight is 522 g/mol. The molecular formula is C27H43N3O7. The van der Waals surface area contributed by atoms with Gasteiger partial charge in [0.15, 0.2) is 0 Å². The Bertz CT molecular complexity index is 914. The first kappa shape index (κ1) is 31.9. The predicted octanol–water partition coefficient (Wildman–Crippen LogP) is 2.87. The van der Waals surface area contributed by atoms with Crippen molar-refractivity contribution >= 4 is 23.9 Å². The summed E-state index contributed by atoms with van der Waals surface area (Å²) in [4.78, 5) is 53.0. The molecule has 10 nitrogen and oxygen atoms in total. The maximum atomic E-state index is 13.9. The summed E-state index contributed by atoms with van der Waals surface area (Å²) in [5.41, 5.74) is 0.572. The van der Waals surface area contributed by atoms with Crippen molar-refractivity contribution in [2.45, 2.75) is 79.0 Å². The van der Waals surface area contributed by atoms with Crippen LogP contribution in [0.1, 0.15) is 71.6 Å². The second kappa shape index (κ2) is 15.2. The molecule has 1 aromatic carbocycles. The van der Waals surface area contributed by atoms with E-state index in [2.05, 4.69) is 10.6 Å². The molecule has 0 aliphatic rings. The van der Waals surface area contributed by atoms with Gasteiger partial charge in [-0.3, -0.25) is 14.4 Å². The molecule has 0 bridgehead atoms. The number of alkyl carbamates (subject to hydrolysis) is 1. The zero-order valence-electron chi connectivity index (χ0n) is 23.1. The van der Waals surface area contributed by atoms with Crippen molar-refractivity contribution in [2.24, 2.45) is 5.92 Å². The lowest BCUT2D eigenvalue weighted by Crippen LogP contribution is -2.56. The molecule has 0 radical (unpaired) electrons. The number of rotatable bonds is 13. The molecule has 0 heterocycles. The lowest BCUT2D eigenvalue weighted by atomic mass is 9.94. The van der Waals surface area contributed by atoms with Gasteiger partial charge in [0.25, 0.3) is 0 Å². The molecule has 3 N–H and O–H groups in total. The molecule has 3 atom stereocenters. The number of benzene rings is 1. The van der Waals surface area contributed by atoms with Gasteiger partial charge in [-0.05, 0) is 51.7 Å². The van der Waals surface area contributed by atoms with Crippen LogP contribution >= 0.6 is 0 Å². The number of aryl methyl sites for hydroxylation is 1. The first-order valence-electron chi connectivity index (χ1n) is 12.8. The van der Waals surface area contributed by atoms with Crippen LogP contribution in [0.25, 0.3) is 0 Å². The van der Waals surface area contributed by atoms with Crippen molar-refractivity contribution in [3.05, 3.63) is 35.4 Å². The van der Waals surface area contributed by atoms with Crippen LogP contribution in [0.15, 0.2) is 24.3 Å². The van der Waals surface area contributed by atoms with Crippen LogP contribution in [0.2, 0.25) is 0 Å². The minimum Gasteiger partial charge on any atom is -0.466 e. The number of ether oxygens (including phenoxy) is 2. The second-order valence-electron chi connectivity index (χ2n) is 9.87. The van der Waals surface area contributed by atoms with Crippen molar-refractivity contribution in [3.8, 4) is 0 Å². The third-order valence-electron chi connectivity index (χ3n) is 5.75. The second-order valence-corrected chi connectivity index (χ2v) is 9.87. The van der Waals surface area contributed by atoms with Crippen LogP contribution in [0, 0.1) is 12.8 Å². The van der Waals surface area contributed by atoms with E-state index in [-0.39, 0.29) is 32.0 Å². The molecule has 10 heteroatoms. The molecule has 37 heavy (non-hydrogen) atoms. The number of esters is 1. The number of carbonyl (C=O) groups is 4. The van der Waals surface area contributed by atoms with E-state index in [0.717, 1.165) is 5.56 Å². The quantitative estimate of drug-likeness (QED) is 0.340. The molecule has 0 fully saturated rings. The summed E-state index contributed by atoms with van der Waals surface area (Å²) in [6.45, 7) is 12.1. The zero-order valence-corrected chi connectivity index (χ0v) is 23.1. The fourth-order valence-electron chi connectivity index (χ4n) is 3.73. The molecule has 0 saturated carbocycles. The summed E-state index contributed by atoms with van der Waals surface area (Å²) in [5, 5.41) is 15.2.